The number of benzene rings is 2. The maximum Gasteiger partial charge on any atom is 0.253 e. The number of anilines is 1. The van der Waals surface area contributed by atoms with Crippen molar-refractivity contribution in [2.45, 2.75) is 45.6 Å². The molecular formula is C28H31N3O4. The van der Waals surface area contributed by atoms with Crippen molar-refractivity contribution in [3.63, 3.8) is 0 Å². The van der Waals surface area contributed by atoms with Crippen LogP contribution in [-0.4, -0.2) is 41.8 Å². The highest BCUT2D eigenvalue weighted by Gasteiger charge is 2.42. The van der Waals surface area contributed by atoms with Crippen molar-refractivity contribution in [2.75, 3.05) is 18.1 Å². The number of hydrazine groups is 1. The van der Waals surface area contributed by atoms with E-state index >= 15 is 0 Å². The first-order valence-corrected chi connectivity index (χ1v) is 12.3. The highest BCUT2D eigenvalue weighted by atomic mass is 16.5. The van der Waals surface area contributed by atoms with Gasteiger partial charge < -0.3 is 9.64 Å². The number of fused-ring (bicyclic) bond motifs is 1. The number of allylic oxidation sites excluding steroid dienone is 2. The predicted octanol–water partition coefficient (Wildman–Crippen LogP) is 3.95. The molecule has 0 radical (unpaired) electrons. The summed E-state index contributed by atoms with van der Waals surface area (Å²) >= 11 is 0. The van der Waals surface area contributed by atoms with Gasteiger partial charge >= 0.3 is 0 Å². The average Bonchev–Trinajstić information content (AvgIpc) is 2.88. The molecule has 7 nitrogen and oxygen atoms in total. The highest BCUT2D eigenvalue weighted by Crippen LogP contribution is 2.32. The van der Waals surface area contributed by atoms with Crippen molar-refractivity contribution in [1.82, 2.24) is 10.3 Å². The quantitative estimate of drug-likeness (QED) is 0.682. The molecule has 2 saturated heterocycles. The highest BCUT2D eigenvalue weighted by molar-refractivity contribution is 6.05. The number of amides is 3. The average molecular weight is 474 g/mol. The second kappa shape index (κ2) is 9.56. The topological polar surface area (TPSA) is 79.0 Å². The number of piperidine rings is 1. The first-order valence-electron chi connectivity index (χ1n) is 12.3. The number of likely N-dealkylation sites (tertiary alicyclic amines) is 1. The molecule has 7 heteroatoms. The molecule has 1 N–H and O–H groups in total. The SMILES string of the molecule is Cc1ccc(OC2CCN(C(=O)c3cccc(N4NC(=O)C5CC=CCC5C4=O)c3)CC2)cc1C. The Labute approximate surface area is 205 Å². The minimum atomic E-state index is -0.357. The molecule has 2 atom stereocenters. The number of hydrogen-bond donors (Lipinski definition) is 1. The molecule has 0 spiro atoms. The summed E-state index contributed by atoms with van der Waals surface area (Å²) in [7, 11) is 0. The smallest absolute Gasteiger partial charge is 0.253 e. The van der Waals surface area contributed by atoms with E-state index in [0.717, 1.165) is 18.6 Å². The Bertz CT molecular complexity index is 1180. The monoisotopic (exact) mass is 473 g/mol. The van der Waals surface area contributed by atoms with Gasteiger partial charge in [-0.1, -0.05) is 24.3 Å². The molecule has 2 heterocycles. The van der Waals surface area contributed by atoms with Gasteiger partial charge in [-0.05, 0) is 68.1 Å². The Morgan fingerprint density at radius 2 is 1.69 bits per heavy atom. The van der Waals surface area contributed by atoms with Crippen LogP contribution in [0, 0.1) is 25.7 Å². The zero-order valence-corrected chi connectivity index (χ0v) is 20.2. The van der Waals surface area contributed by atoms with Gasteiger partial charge in [0.25, 0.3) is 5.91 Å². The van der Waals surface area contributed by atoms with Gasteiger partial charge in [0, 0.05) is 31.5 Å². The number of carbonyl (C=O) groups excluding carboxylic acids is 3. The van der Waals surface area contributed by atoms with E-state index in [9.17, 15) is 14.4 Å². The van der Waals surface area contributed by atoms with E-state index in [0.29, 0.717) is 37.2 Å². The van der Waals surface area contributed by atoms with E-state index in [-0.39, 0.29) is 35.7 Å². The van der Waals surface area contributed by atoms with Gasteiger partial charge in [-0.25, -0.2) is 5.01 Å². The van der Waals surface area contributed by atoms with Gasteiger partial charge in [-0.2, -0.15) is 0 Å². The fourth-order valence-corrected chi connectivity index (χ4v) is 5.10. The van der Waals surface area contributed by atoms with Gasteiger partial charge in [0.15, 0.2) is 0 Å². The van der Waals surface area contributed by atoms with Crippen molar-refractivity contribution < 1.29 is 19.1 Å². The lowest BCUT2D eigenvalue weighted by molar-refractivity contribution is -0.139. The van der Waals surface area contributed by atoms with Crippen molar-refractivity contribution in [1.29, 1.82) is 0 Å². The van der Waals surface area contributed by atoms with Crippen LogP contribution in [0.1, 0.15) is 47.2 Å². The molecule has 35 heavy (non-hydrogen) atoms. The standard InChI is InChI=1S/C28H31N3O4/c1-18-10-11-23(16-19(18)2)35-22-12-14-30(15-13-22)27(33)20-6-5-7-21(17-20)31-28(34)25-9-4-3-8-24(25)26(32)29-31/h3-7,10-11,16-17,22,24-25H,8-9,12-15H2,1-2H3,(H,29,32). The van der Waals surface area contributed by atoms with Crippen molar-refractivity contribution in [3.05, 3.63) is 71.3 Å². The van der Waals surface area contributed by atoms with Crippen molar-refractivity contribution >= 4 is 23.4 Å². The lowest BCUT2D eigenvalue weighted by Crippen LogP contribution is -2.59. The third kappa shape index (κ3) is 4.67. The zero-order chi connectivity index (χ0) is 24.5. The Morgan fingerprint density at radius 3 is 2.43 bits per heavy atom. The number of nitrogens with zero attached hydrogens (tertiary/aromatic N) is 2. The van der Waals surface area contributed by atoms with Crippen LogP contribution in [0.2, 0.25) is 0 Å². The lowest BCUT2D eigenvalue weighted by atomic mass is 9.80. The largest absolute Gasteiger partial charge is 0.490 e. The third-order valence-electron chi connectivity index (χ3n) is 7.39. The Balaban J connectivity index is 1.23. The summed E-state index contributed by atoms with van der Waals surface area (Å²) < 4.78 is 6.16. The normalized spacial score (nSPS) is 22.6. The molecule has 3 aliphatic rings. The molecule has 2 aromatic rings. The maximum atomic E-state index is 13.2. The van der Waals surface area contributed by atoms with Gasteiger partial charge in [0.05, 0.1) is 17.5 Å². The lowest BCUT2D eigenvalue weighted by Gasteiger charge is -2.38. The maximum absolute atomic E-state index is 13.2. The molecule has 0 bridgehead atoms. The minimum Gasteiger partial charge on any atom is -0.490 e. The van der Waals surface area contributed by atoms with E-state index in [4.69, 9.17) is 4.74 Å². The summed E-state index contributed by atoms with van der Waals surface area (Å²) in [6.45, 7) is 5.37. The molecule has 2 aliphatic heterocycles. The Morgan fingerprint density at radius 1 is 0.943 bits per heavy atom. The molecule has 2 fully saturated rings. The van der Waals surface area contributed by atoms with E-state index in [1.807, 2.05) is 23.1 Å². The molecule has 5 rings (SSSR count). The van der Waals surface area contributed by atoms with Crippen LogP contribution in [0.15, 0.2) is 54.6 Å². The summed E-state index contributed by atoms with van der Waals surface area (Å²) in [5.74, 6) is -0.167. The van der Waals surface area contributed by atoms with Crippen LogP contribution in [0.5, 0.6) is 5.75 Å². The fraction of sp³-hybridized carbons (Fsp3) is 0.393. The Hall–Kier alpha value is -3.61. The molecule has 0 aromatic heterocycles. The molecule has 0 saturated carbocycles. The summed E-state index contributed by atoms with van der Waals surface area (Å²) in [6.07, 6.45) is 6.65. The number of nitrogens with one attached hydrogen (secondary N) is 1. The summed E-state index contributed by atoms with van der Waals surface area (Å²) in [5.41, 5.74) is 6.19. The van der Waals surface area contributed by atoms with Gasteiger partial charge in [0.2, 0.25) is 11.8 Å². The van der Waals surface area contributed by atoms with Crippen LogP contribution >= 0.6 is 0 Å². The van der Waals surface area contributed by atoms with Crippen LogP contribution in [-0.2, 0) is 9.59 Å². The van der Waals surface area contributed by atoms with Crippen LogP contribution in [0.4, 0.5) is 5.69 Å². The van der Waals surface area contributed by atoms with Crippen molar-refractivity contribution in [3.8, 4) is 5.75 Å². The van der Waals surface area contributed by atoms with E-state index < -0.39 is 0 Å². The fourth-order valence-electron chi connectivity index (χ4n) is 5.10. The van der Waals surface area contributed by atoms with E-state index in [1.165, 1.54) is 16.1 Å². The number of carbonyl (C=O) groups is 3. The zero-order valence-electron chi connectivity index (χ0n) is 20.2. The summed E-state index contributed by atoms with van der Waals surface area (Å²) in [5, 5.41) is 1.31. The Kier molecular flexibility index (Phi) is 6.32. The van der Waals surface area contributed by atoms with Gasteiger partial charge in [-0.15, -0.1) is 0 Å². The number of aryl methyl sites for hydroxylation is 2. The first-order chi connectivity index (χ1) is 16.9. The number of hydrogen-bond acceptors (Lipinski definition) is 4. The number of ether oxygens (including phenoxy) is 1. The predicted molar refractivity (Wildman–Crippen MR) is 133 cm³/mol. The molecular weight excluding hydrogens is 442 g/mol. The minimum absolute atomic E-state index is 0.0752. The van der Waals surface area contributed by atoms with E-state index in [2.05, 4.69) is 31.4 Å². The van der Waals surface area contributed by atoms with Crippen LogP contribution in [0.25, 0.3) is 0 Å². The summed E-state index contributed by atoms with van der Waals surface area (Å²) in [4.78, 5) is 40.7. The molecule has 3 amide bonds. The summed E-state index contributed by atoms with van der Waals surface area (Å²) in [6, 6.07) is 13.1. The molecule has 2 aromatic carbocycles. The van der Waals surface area contributed by atoms with Gasteiger partial charge in [-0.3, -0.25) is 19.8 Å². The third-order valence-corrected chi connectivity index (χ3v) is 7.39. The second-order valence-corrected chi connectivity index (χ2v) is 9.71. The molecule has 1 aliphatic carbocycles. The first kappa shape index (κ1) is 23.1. The molecule has 182 valence electrons. The van der Waals surface area contributed by atoms with E-state index in [1.54, 1.807) is 24.3 Å². The van der Waals surface area contributed by atoms with Crippen LogP contribution in [0.3, 0.4) is 0 Å². The van der Waals surface area contributed by atoms with Gasteiger partial charge in [0.1, 0.15) is 11.9 Å². The molecule has 2 unspecified atom stereocenters. The number of rotatable bonds is 4. The van der Waals surface area contributed by atoms with Crippen molar-refractivity contribution in [2.24, 2.45) is 11.8 Å². The van der Waals surface area contributed by atoms with Crippen LogP contribution < -0.4 is 15.2 Å². The second-order valence-electron chi connectivity index (χ2n) is 9.71.